The molecule has 0 aliphatic carbocycles. The van der Waals surface area contributed by atoms with E-state index in [1.165, 1.54) is 0 Å². The van der Waals surface area contributed by atoms with Crippen LogP contribution in [-0.2, 0) is 11.2 Å². The largest absolute Gasteiger partial charge is 0.497 e. The molecule has 1 N–H and O–H groups in total. The lowest BCUT2D eigenvalue weighted by atomic mass is 10.1. The van der Waals surface area contributed by atoms with Gasteiger partial charge in [-0.2, -0.15) is 0 Å². The van der Waals surface area contributed by atoms with Crippen molar-refractivity contribution in [3.8, 4) is 22.8 Å². The van der Waals surface area contributed by atoms with Gasteiger partial charge in [-0.25, -0.2) is 4.98 Å². The molecule has 6 nitrogen and oxygen atoms in total. The number of nitrogens with one attached hydrogen (secondary N) is 1. The van der Waals surface area contributed by atoms with Crippen LogP contribution in [-0.4, -0.2) is 29.0 Å². The average molecular weight is 422 g/mol. The molecule has 30 heavy (non-hydrogen) atoms. The number of hydrogen-bond donors (Lipinski definition) is 1. The van der Waals surface area contributed by atoms with Crippen molar-refractivity contribution in [2.75, 3.05) is 19.0 Å². The fraction of sp³-hybridized carbons (Fsp3) is 0.217. The second kappa shape index (κ2) is 9.00. The molecular weight excluding hydrogens is 398 g/mol. The van der Waals surface area contributed by atoms with E-state index in [-0.39, 0.29) is 5.91 Å². The lowest BCUT2D eigenvalue weighted by Gasteiger charge is -2.11. The third-order valence-electron chi connectivity index (χ3n) is 4.74. The third kappa shape index (κ3) is 4.31. The molecule has 0 spiro atoms. The first-order chi connectivity index (χ1) is 14.7. The van der Waals surface area contributed by atoms with Crippen molar-refractivity contribution in [2.24, 2.45) is 0 Å². The number of thiazole rings is 1. The van der Waals surface area contributed by atoms with Crippen molar-refractivity contribution < 1.29 is 14.3 Å². The molecule has 4 rings (SSSR count). The first-order valence-corrected chi connectivity index (χ1v) is 10.7. The van der Waals surface area contributed by atoms with E-state index in [1.54, 1.807) is 18.4 Å². The molecule has 0 fully saturated rings. The highest BCUT2D eigenvalue weighted by Crippen LogP contribution is 2.27. The van der Waals surface area contributed by atoms with E-state index in [0.29, 0.717) is 30.9 Å². The zero-order valence-corrected chi connectivity index (χ0v) is 17.7. The maximum Gasteiger partial charge on any atom is 0.224 e. The Morgan fingerprint density at radius 2 is 1.97 bits per heavy atom. The van der Waals surface area contributed by atoms with E-state index in [0.717, 1.165) is 27.7 Å². The Labute approximate surface area is 179 Å². The number of nitrogens with zero attached hydrogens (tertiary/aromatic N) is 2. The summed E-state index contributed by atoms with van der Waals surface area (Å²) in [5.41, 5.74) is 3.70. The number of ether oxygens (including phenoxy) is 2. The van der Waals surface area contributed by atoms with Crippen LogP contribution in [0.1, 0.15) is 19.0 Å². The average Bonchev–Trinajstić information content (AvgIpc) is 3.35. The second-order valence-corrected chi connectivity index (χ2v) is 7.55. The van der Waals surface area contributed by atoms with Crippen molar-refractivity contribution in [1.82, 2.24) is 9.38 Å². The molecule has 2 heterocycles. The molecule has 0 saturated carbocycles. The molecule has 2 aromatic heterocycles. The van der Waals surface area contributed by atoms with E-state index < -0.39 is 0 Å². The predicted molar refractivity (Wildman–Crippen MR) is 120 cm³/mol. The predicted octanol–water partition coefficient (Wildman–Crippen LogP) is 5.04. The molecular formula is C23H23N3O3S. The van der Waals surface area contributed by atoms with Crippen LogP contribution in [0.25, 0.3) is 16.2 Å². The minimum atomic E-state index is -0.0444. The molecule has 0 unspecified atom stereocenters. The molecule has 4 aromatic rings. The van der Waals surface area contributed by atoms with Crippen LogP contribution < -0.4 is 14.8 Å². The summed E-state index contributed by atoms with van der Waals surface area (Å²) in [6, 6.07) is 15.3. The fourth-order valence-corrected chi connectivity index (χ4v) is 4.12. The number of methoxy groups -OCH3 is 1. The van der Waals surface area contributed by atoms with E-state index in [1.807, 2.05) is 61.7 Å². The number of carbonyl (C=O) groups excluding carboxylic acids is 1. The normalized spacial score (nSPS) is 10.9. The van der Waals surface area contributed by atoms with Crippen molar-refractivity contribution in [3.05, 3.63) is 65.8 Å². The highest BCUT2D eigenvalue weighted by Gasteiger charge is 2.12. The molecule has 2 aromatic carbocycles. The Balaban J connectivity index is 1.44. The summed E-state index contributed by atoms with van der Waals surface area (Å²) < 4.78 is 12.8. The summed E-state index contributed by atoms with van der Waals surface area (Å²) in [4.78, 5) is 18.1. The van der Waals surface area contributed by atoms with Gasteiger partial charge in [-0.05, 0) is 49.7 Å². The number of imidazole rings is 1. The molecule has 0 aliphatic heterocycles. The minimum Gasteiger partial charge on any atom is -0.497 e. The first kappa shape index (κ1) is 20.0. The fourth-order valence-electron chi connectivity index (χ4n) is 3.22. The number of carbonyl (C=O) groups is 1. The Hall–Kier alpha value is -3.32. The number of benzene rings is 2. The summed E-state index contributed by atoms with van der Waals surface area (Å²) in [7, 11) is 1.65. The van der Waals surface area contributed by atoms with Crippen LogP contribution in [0.2, 0.25) is 0 Å². The zero-order chi connectivity index (χ0) is 20.9. The maximum atomic E-state index is 12.5. The Morgan fingerprint density at radius 1 is 1.17 bits per heavy atom. The van der Waals surface area contributed by atoms with Gasteiger partial charge in [0.15, 0.2) is 4.96 Å². The number of aryl methyl sites for hydroxylation is 1. The Morgan fingerprint density at radius 3 is 2.73 bits per heavy atom. The number of para-hydroxylation sites is 2. The van der Waals surface area contributed by atoms with Gasteiger partial charge in [0.2, 0.25) is 5.91 Å². The number of fused-ring (bicyclic) bond motifs is 1. The van der Waals surface area contributed by atoms with E-state index in [2.05, 4.69) is 15.1 Å². The summed E-state index contributed by atoms with van der Waals surface area (Å²) in [6.07, 6.45) is 3.02. The first-order valence-electron chi connectivity index (χ1n) is 9.79. The number of aromatic nitrogens is 2. The lowest BCUT2D eigenvalue weighted by molar-refractivity contribution is -0.116. The van der Waals surface area contributed by atoms with Gasteiger partial charge in [-0.3, -0.25) is 9.20 Å². The van der Waals surface area contributed by atoms with Crippen molar-refractivity contribution in [3.63, 3.8) is 0 Å². The highest BCUT2D eigenvalue weighted by atomic mass is 32.1. The number of rotatable bonds is 8. The number of anilines is 1. The van der Waals surface area contributed by atoms with E-state index in [9.17, 15) is 4.79 Å². The Kier molecular flexibility index (Phi) is 5.99. The number of hydrogen-bond acceptors (Lipinski definition) is 5. The van der Waals surface area contributed by atoms with Gasteiger partial charge in [-0.1, -0.05) is 12.1 Å². The van der Waals surface area contributed by atoms with Gasteiger partial charge < -0.3 is 14.8 Å². The van der Waals surface area contributed by atoms with Crippen LogP contribution in [0.4, 0.5) is 5.69 Å². The topological polar surface area (TPSA) is 64.9 Å². The van der Waals surface area contributed by atoms with E-state index >= 15 is 0 Å². The molecule has 0 saturated heterocycles. The quantitative estimate of drug-likeness (QED) is 0.433. The lowest BCUT2D eigenvalue weighted by Crippen LogP contribution is -2.13. The highest BCUT2D eigenvalue weighted by molar-refractivity contribution is 7.15. The zero-order valence-electron chi connectivity index (χ0n) is 16.9. The molecule has 7 heteroatoms. The molecule has 1 amide bonds. The van der Waals surface area contributed by atoms with E-state index in [4.69, 9.17) is 14.5 Å². The Bertz CT molecular complexity index is 1150. The summed E-state index contributed by atoms with van der Waals surface area (Å²) in [5.74, 6) is 1.46. The molecule has 0 aliphatic rings. The smallest absolute Gasteiger partial charge is 0.224 e. The van der Waals surface area contributed by atoms with Gasteiger partial charge >= 0.3 is 0 Å². The standard InChI is InChI=1S/C23H23N3O3S/c1-3-29-21-7-5-4-6-19(21)24-22(27)13-10-17-15-30-23-25-20(14-26(17)23)16-8-11-18(28-2)12-9-16/h4-9,11-12,14-15H,3,10,13H2,1-2H3,(H,24,27). The monoisotopic (exact) mass is 421 g/mol. The second-order valence-electron chi connectivity index (χ2n) is 6.71. The third-order valence-corrected chi connectivity index (χ3v) is 5.63. The van der Waals surface area contributed by atoms with Crippen LogP contribution >= 0.6 is 11.3 Å². The van der Waals surface area contributed by atoms with Gasteiger partial charge in [0, 0.05) is 29.3 Å². The summed E-state index contributed by atoms with van der Waals surface area (Å²) >= 11 is 1.58. The van der Waals surface area contributed by atoms with Crippen molar-refractivity contribution >= 4 is 27.9 Å². The number of amides is 1. The maximum absolute atomic E-state index is 12.5. The summed E-state index contributed by atoms with van der Waals surface area (Å²) in [6.45, 7) is 2.47. The van der Waals surface area contributed by atoms with Crippen LogP contribution in [0, 0.1) is 0 Å². The van der Waals surface area contributed by atoms with Crippen LogP contribution in [0.15, 0.2) is 60.1 Å². The molecule has 0 radical (unpaired) electrons. The SMILES string of the molecule is CCOc1ccccc1NC(=O)CCc1csc2nc(-c3ccc(OC)cc3)cn12. The minimum absolute atomic E-state index is 0.0444. The molecule has 154 valence electrons. The van der Waals surface area contributed by atoms with Gasteiger partial charge in [0.05, 0.1) is 25.1 Å². The van der Waals surface area contributed by atoms with Crippen LogP contribution in [0.5, 0.6) is 11.5 Å². The summed E-state index contributed by atoms with van der Waals surface area (Å²) in [5, 5.41) is 5.01. The van der Waals surface area contributed by atoms with Crippen molar-refractivity contribution in [2.45, 2.75) is 19.8 Å². The molecule has 0 atom stereocenters. The van der Waals surface area contributed by atoms with Crippen molar-refractivity contribution in [1.29, 1.82) is 0 Å². The van der Waals surface area contributed by atoms with Gasteiger partial charge in [-0.15, -0.1) is 11.3 Å². The molecule has 0 bridgehead atoms. The van der Waals surface area contributed by atoms with Crippen LogP contribution in [0.3, 0.4) is 0 Å². The van der Waals surface area contributed by atoms with Gasteiger partial charge in [0.25, 0.3) is 0 Å². The van der Waals surface area contributed by atoms with Gasteiger partial charge in [0.1, 0.15) is 11.5 Å².